The maximum absolute atomic E-state index is 6.22. The van der Waals surface area contributed by atoms with E-state index in [0.29, 0.717) is 0 Å². The molecule has 3 heteroatoms. The summed E-state index contributed by atoms with van der Waals surface area (Å²) >= 11 is 8.11. The van der Waals surface area contributed by atoms with E-state index in [9.17, 15) is 0 Å². The van der Waals surface area contributed by atoms with Crippen LogP contribution in [0.25, 0.3) is 0 Å². The van der Waals surface area contributed by atoms with Gasteiger partial charge in [0.15, 0.2) is 0 Å². The topological polar surface area (TPSA) is 12.0 Å². The lowest BCUT2D eigenvalue weighted by atomic mass is 10.2. The van der Waals surface area contributed by atoms with Crippen LogP contribution in [0.4, 0.5) is 0 Å². The highest BCUT2D eigenvalue weighted by Gasteiger charge is 2.01. The van der Waals surface area contributed by atoms with Crippen molar-refractivity contribution < 1.29 is 0 Å². The van der Waals surface area contributed by atoms with Gasteiger partial charge in [-0.3, -0.25) is 0 Å². The van der Waals surface area contributed by atoms with Crippen LogP contribution in [0, 0.1) is 0 Å². The van der Waals surface area contributed by atoms with Crippen LogP contribution in [-0.4, -0.2) is 12.3 Å². The van der Waals surface area contributed by atoms with Crippen molar-refractivity contribution in [1.82, 2.24) is 5.32 Å². The fraction of sp³-hybridized carbons (Fsp3) is 0.538. The second kappa shape index (κ2) is 7.99. The molecule has 0 aliphatic rings. The highest BCUT2D eigenvalue weighted by atomic mass is 35.5. The Labute approximate surface area is 108 Å². The van der Waals surface area contributed by atoms with Gasteiger partial charge in [0, 0.05) is 16.5 Å². The maximum Gasteiger partial charge on any atom is 0.0462 e. The van der Waals surface area contributed by atoms with Gasteiger partial charge in [-0.05, 0) is 36.4 Å². The first-order chi connectivity index (χ1) is 7.77. The largest absolute Gasteiger partial charge is 0.313 e. The lowest BCUT2D eigenvalue weighted by molar-refractivity contribution is 0.726. The summed E-state index contributed by atoms with van der Waals surface area (Å²) < 4.78 is 0. The molecule has 0 spiro atoms. The fourth-order valence-corrected chi connectivity index (χ4v) is 2.70. The molecule has 0 heterocycles. The van der Waals surface area contributed by atoms with Crippen molar-refractivity contribution in [3.63, 3.8) is 0 Å². The molecule has 90 valence electrons. The van der Waals surface area contributed by atoms with Crippen molar-refractivity contribution in [1.29, 1.82) is 0 Å². The van der Waals surface area contributed by atoms with E-state index in [1.165, 1.54) is 29.1 Å². The number of halogens is 1. The highest BCUT2D eigenvalue weighted by Crippen LogP contribution is 2.25. The van der Waals surface area contributed by atoms with Crippen LogP contribution < -0.4 is 5.32 Å². The van der Waals surface area contributed by atoms with Gasteiger partial charge in [-0.1, -0.05) is 37.9 Å². The summed E-state index contributed by atoms with van der Waals surface area (Å²) in [5.41, 5.74) is 1.18. The van der Waals surface area contributed by atoms with E-state index in [2.05, 4.69) is 37.4 Å². The van der Waals surface area contributed by atoms with Crippen molar-refractivity contribution in [2.45, 2.75) is 38.1 Å². The van der Waals surface area contributed by atoms with Gasteiger partial charge in [0.1, 0.15) is 0 Å². The Balaban J connectivity index is 2.53. The van der Waals surface area contributed by atoms with Crippen molar-refractivity contribution in [2.24, 2.45) is 0 Å². The average molecular weight is 258 g/mol. The molecule has 1 rings (SSSR count). The zero-order valence-electron chi connectivity index (χ0n) is 10.1. The molecule has 0 saturated heterocycles. The van der Waals surface area contributed by atoms with E-state index in [-0.39, 0.29) is 0 Å². The fourth-order valence-electron chi connectivity index (χ4n) is 1.36. The summed E-state index contributed by atoms with van der Waals surface area (Å²) in [5.74, 6) is 1.18. The second-order valence-electron chi connectivity index (χ2n) is 3.74. The lowest BCUT2D eigenvalue weighted by Crippen LogP contribution is -2.11. The number of rotatable bonds is 7. The number of benzene rings is 1. The SMILES string of the molecule is CCCCSc1ccc(CNCC)c(Cl)c1. The highest BCUT2D eigenvalue weighted by molar-refractivity contribution is 7.99. The smallest absolute Gasteiger partial charge is 0.0462 e. The molecule has 0 fully saturated rings. The van der Waals surface area contributed by atoms with E-state index in [1.54, 1.807) is 0 Å². The molecule has 0 bridgehead atoms. The Morgan fingerprint density at radius 1 is 1.31 bits per heavy atom. The zero-order chi connectivity index (χ0) is 11.8. The quantitative estimate of drug-likeness (QED) is 0.576. The third-order valence-electron chi connectivity index (χ3n) is 2.36. The van der Waals surface area contributed by atoms with Crippen LogP contribution in [0.5, 0.6) is 0 Å². The van der Waals surface area contributed by atoms with Crippen LogP contribution in [-0.2, 0) is 6.54 Å². The summed E-state index contributed by atoms with van der Waals surface area (Å²) in [6.45, 7) is 6.15. The summed E-state index contributed by atoms with van der Waals surface area (Å²) in [5, 5.41) is 4.16. The predicted octanol–water partition coefficient (Wildman–Crippen LogP) is 4.34. The minimum Gasteiger partial charge on any atom is -0.313 e. The monoisotopic (exact) mass is 257 g/mol. The summed E-state index contributed by atoms with van der Waals surface area (Å²) in [7, 11) is 0. The minimum absolute atomic E-state index is 0.856. The molecule has 1 aromatic carbocycles. The molecule has 0 atom stereocenters. The van der Waals surface area contributed by atoms with Crippen LogP contribution in [0.2, 0.25) is 5.02 Å². The summed E-state index contributed by atoms with van der Waals surface area (Å²) in [6, 6.07) is 6.37. The molecule has 0 unspecified atom stereocenters. The molecule has 1 nitrogen and oxygen atoms in total. The first-order valence-electron chi connectivity index (χ1n) is 5.89. The van der Waals surface area contributed by atoms with Gasteiger partial charge in [-0.15, -0.1) is 11.8 Å². The third-order valence-corrected chi connectivity index (χ3v) is 3.79. The Kier molecular flexibility index (Phi) is 6.93. The third kappa shape index (κ3) is 4.77. The van der Waals surface area contributed by atoms with E-state index in [0.717, 1.165) is 18.1 Å². The zero-order valence-corrected chi connectivity index (χ0v) is 11.6. The van der Waals surface area contributed by atoms with Gasteiger partial charge >= 0.3 is 0 Å². The summed E-state index contributed by atoms with van der Waals surface area (Å²) in [6.07, 6.45) is 2.51. The summed E-state index contributed by atoms with van der Waals surface area (Å²) in [4.78, 5) is 1.28. The molecule has 16 heavy (non-hydrogen) atoms. The van der Waals surface area contributed by atoms with Crippen LogP contribution >= 0.6 is 23.4 Å². The molecule has 1 aromatic rings. The standard InChI is InChI=1S/C13H20ClNS/c1-3-5-8-16-12-7-6-11(10-15-4-2)13(14)9-12/h6-7,9,15H,3-5,8,10H2,1-2H3. The second-order valence-corrected chi connectivity index (χ2v) is 5.31. The molecule has 0 amide bonds. The van der Waals surface area contributed by atoms with Gasteiger partial charge in [0.25, 0.3) is 0 Å². The normalized spacial score (nSPS) is 10.7. The van der Waals surface area contributed by atoms with Crippen LogP contribution in [0.1, 0.15) is 32.3 Å². The maximum atomic E-state index is 6.22. The van der Waals surface area contributed by atoms with Gasteiger partial charge < -0.3 is 5.32 Å². The molecule has 0 saturated carbocycles. The van der Waals surface area contributed by atoms with Gasteiger partial charge in [0.05, 0.1) is 0 Å². The van der Waals surface area contributed by atoms with Gasteiger partial charge in [-0.2, -0.15) is 0 Å². The average Bonchev–Trinajstić information content (AvgIpc) is 2.28. The van der Waals surface area contributed by atoms with Crippen molar-refractivity contribution in [3.8, 4) is 0 Å². The molecule has 0 radical (unpaired) electrons. The number of hydrogen-bond donors (Lipinski definition) is 1. The van der Waals surface area contributed by atoms with E-state index >= 15 is 0 Å². The Morgan fingerprint density at radius 3 is 2.75 bits per heavy atom. The number of unbranched alkanes of at least 4 members (excludes halogenated alkanes) is 1. The van der Waals surface area contributed by atoms with E-state index < -0.39 is 0 Å². The lowest BCUT2D eigenvalue weighted by Gasteiger charge is -2.07. The van der Waals surface area contributed by atoms with Crippen LogP contribution in [0.15, 0.2) is 23.1 Å². The Bertz CT molecular complexity index is 315. The first kappa shape index (κ1) is 13.9. The molecular formula is C13H20ClNS. The van der Waals surface area contributed by atoms with E-state index in [1.807, 2.05) is 11.8 Å². The Morgan fingerprint density at radius 2 is 2.12 bits per heavy atom. The van der Waals surface area contributed by atoms with Gasteiger partial charge in [0.2, 0.25) is 0 Å². The van der Waals surface area contributed by atoms with Crippen molar-refractivity contribution in [2.75, 3.05) is 12.3 Å². The van der Waals surface area contributed by atoms with Crippen molar-refractivity contribution in [3.05, 3.63) is 28.8 Å². The van der Waals surface area contributed by atoms with Crippen LogP contribution in [0.3, 0.4) is 0 Å². The number of nitrogens with one attached hydrogen (secondary N) is 1. The molecule has 0 aliphatic carbocycles. The molecule has 0 aromatic heterocycles. The molecular weight excluding hydrogens is 238 g/mol. The predicted molar refractivity (Wildman–Crippen MR) is 74.5 cm³/mol. The van der Waals surface area contributed by atoms with Gasteiger partial charge in [-0.25, -0.2) is 0 Å². The van der Waals surface area contributed by atoms with E-state index in [4.69, 9.17) is 11.6 Å². The van der Waals surface area contributed by atoms with Crippen molar-refractivity contribution >= 4 is 23.4 Å². The molecule has 1 N–H and O–H groups in total. The minimum atomic E-state index is 0.856. The first-order valence-corrected chi connectivity index (χ1v) is 7.26. The molecule has 0 aliphatic heterocycles. The Hall–Kier alpha value is -0.180. The number of hydrogen-bond acceptors (Lipinski definition) is 2. The number of thioether (sulfide) groups is 1.